The highest BCUT2D eigenvalue weighted by atomic mass is 16.5. The Morgan fingerprint density at radius 1 is 1.05 bits per heavy atom. The number of esters is 1. The lowest BCUT2D eigenvalue weighted by Gasteiger charge is -2.31. The van der Waals surface area contributed by atoms with E-state index in [0.717, 1.165) is 25.2 Å². The standard InChI is InChI=1S/C17H31NO2/c1-3-20-17(19)14-7-5-9-16(12-14)18-15-8-4-6-13(2)10-11-15/h13-16,18H,3-12H2,1-2H3. The van der Waals surface area contributed by atoms with Crippen LogP contribution in [0.25, 0.3) is 0 Å². The summed E-state index contributed by atoms with van der Waals surface area (Å²) in [6.45, 7) is 4.77. The van der Waals surface area contributed by atoms with Crippen LogP contribution in [0.3, 0.4) is 0 Å². The lowest BCUT2D eigenvalue weighted by molar-refractivity contribution is -0.149. The Labute approximate surface area is 123 Å². The highest BCUT2D eigenvalue weighted by molar-refractivity contribution is 5.72. The average molecular weight is 281 g/mol. The van der Waals surface area contributed by atoms with Crippen molar-refractivity contribution >= 4 is 5.97 Å². The van der Waals surface area contributed by atoms with E-state index in [2.05, 4.69) is 12.2 Å². The second kappa shape index (κ2) is 8.02. The average Bonchev–Trinajstić information content (AvgIpc) is 2.64. The zero-order valence-electron chi connectivity index (χ0n) is 13.2. The first-order valence-electron chi connectivity index (χ1n) is 8.61. The normalized spacial score (nSPS) is 35.3. The van der Waals surface area contributed by atoms with Crippen LogP contribution in [0.4, 0.5) is 0 Å². The van der Waals surface area contributed by atoms with E-state index in [1.165, 1.54) is 38.5 Å². The molecule has 0 aromatic rings. The first-order valence-corrected chi connectivity index (χ1v) is 8.61. The summed E-state index contributed by atoms with van der Waals surface area (Å²) in [5.74, 6) is 1.04. The van der Waals surface area contributed by atoms with Gasteiger partial charge in [0.2, 0.25) is 0 Å². The quantitative estimate of drug-likeness (QED) is 0.631. The van der Waals surface area contributed by atoms with Crippen molar-refractivity contribution in [1.82, 2.24) is 5.32 Å². The topological polar surface area (TPSA) is 38.3 Å². The molecule has 0 aromatic carbocycles. The smallest absolute Gasteiger partial charge is 0.308 e. The molecular weight excluding hydrogens is 250 g/mol. The number of hydrogen-bond acceptors (Lipinski definition) is 3. The fourth-order valence-corrected chi connectivity index (χ4v) is 3.80. The van der Waals surface area contributed by atoms with E-state index in [0.29, 0.717) is 18.7 Å². The summed E-state index contributed by atoms with van der Waals surface area (Å²) in [5.41, 5.74) is 0. The molecule has 2 aliphatic carbocycles. The minimum absolute atomic E-state index is 0.0217. The van der Waals surface area contributed by atoms with Gasteiger partial charge in [-0.1, -0.05) is 26.2 Å². The van der Waals surface area contributed by atoms with E-state index < -0.39 is 0 Å². The van der Waals surface area contributed by atoms with Crippen molar-refractivity contribution in [1.29, 1.82) is 0 Å². The zero-order valence-corrected chi connectivity index (χ0v) is 13.2. The lowest BCUT2D eigenvalue weighted by atomic mass is 9.85. The van der Waals surface area contributed by atoms with Crippen LogP contribution in [-0.2, 0) is 9.53 Å². The van der Waals surface area contributed by atoms with Gasteiger partial charge in [-0.05, 0) is 51.4 Å². The number of hydrogen-bond donors (Lipinski definition) is 1. The van der Waals surface area contributed by atoms with Gasteiger partial charge in [-0.25, -0.2) is 0 Å². The van der Waals surface area contributed by atoms with Crippen LogP contribution in [0.1, 0.15) is 71.6 Å². The van der Waals surface area contributed by atoms with Crippen LogP contribution in [0.2, 0.25) is 0 Å². The maximum atomic E-state index is 11.9. The Kier molecular flexibility index (Phi) is 6.34. The summed E-state index contributed by atoms with van der Waals surface area (Å²) in [6, 6.07) is 1.20. The Balaban J connectivity index is 1.78. The number of nitrogens with one attached hydrogen (secondary N) is 1. The number of ether oxygens (including phenoxy) is 1. The SMILES string of the molecule is CCOC(=O)C1CCCC(NC2CCCC(C)CC2)C1. The summed E-state index contributed by atoms with van der Waals surface area (Å²) in [7, 11) is 0. The van der Waals surface area contributed by atoms with Crippen LogP contribution >= 0.6 is 0 Å². The number of rotatable bonds is 4. The van der Waals surface area contributed by atoms with E-state index in [1.54, 1.807) is 0 Å². The maximum Gasteiger partial charge on any atom is 0.308 e. The third-order valence-corrected chi connectivity index (χ3v) is 5.02. The van der Waals surface area contributed by atoms with E-state index >= 15 is 0 Å². The van der Waals surface area contributed by atoms with E-state index in [9.17, 15) is 4.79 Å². The van der Waals surface area contributed by atoms with Gasteiger partial charge in [-0.2, -0.15) is 0 Å². The highest BCUT2D eigenvalue weighted by Crippen LogP contribution is 2.28. The van der Waals surface area contributed by atoms with Crippen LogP contribution in [-0.4, -0.2) is 24.7 Å². The summed E-state index contributed by atoms with van der Waals surface area (Å²) < 4.78 is 5.19. The summed E-state index contributed by atoms with van der Waals surface area (Å²) in [4.78, 5) is 11.9. The third-order valence-electron chi connectivity index (χ3n) is 5.02. The predicted molar refractivity (Wildman–Crippen MR) is 81.6 cm³/mol. The maximum absolute atomic E-state index is 11.9. The van der Waals surface area contributed by atoms with Crippen molar-refractivity contribution < 1.29 is 9.53 Å². The van der Waals surface area contributed by atoms with Crippen molar-refractivity contribution in [3.8, 4) is 0 Å². The van der Waals surface area contributed by atoms with Crippen LogP contribution in [0.15, 0.2) is 0 Å². The molecule has 0 bridgehead atoms. The van der Waals surface area contributed by atoms with Gasteiger partial charge in [0, 0.05) is 12.1 Å². The molecule has 0 saturated heterocycles. The van der Waals surface area contributed by atoms with Gasteiger partial charge in [0.15, 0.2) is 0 Å². The third kappa shape index (κ3) is 4.76. The number of carbonyl (C=O) groups is 1. The molecular formula is C17H31NO2. The molecule has 0 heterocycles. The first-order chi connectivity index (χ1) is 9.69. The first kappa shape index (κ1) is 15.8. The van der Waals surface area contributed by atoms with E-state index in [1.807, 2.05) is 6.92 Å². The van der Waals surface area contributed by atoms with Crippen LogP contribution in [0.5, 0.6) is 0 Å². The Hall–Kier alpha value is -0.570. The van der Waals surface area contributed by atoms with Crippen molar-refractivity contribution in [2.24, 2.45) is 11.8 Å². The number of carbonyl (C=O) groups excluding carboxylic acids is 1. The molecule has 2 rings (SSSR count). The summed E-state index contributed by atoms with van der Waals surface area (Å²) in [6.07, 6.45) is 11.1. The molecule has 0 spiro atoms. The zero-order chi connectivity index (χ0) is 14.4. The van der Waals surface area contributed by atoms with Crippen molar-refractivity contribution in [3.63, 3.8) is 0 Å². The molecule has 2 saturated carbocycles. The molecule has 0 radical (unpaired) electrons. The molecule has 4 unspecified atom stereocenters. The molecule has 0 aliphatic heterocycles. The van der Waals surface area contributed by atoms with Gasteiger partial charge in [0.1, 0.15) is 0 Å². The van der Waals surface area contributed by atoms with Crippen LogP contribution < -0.4 is 5.32 Å². The molecule has 4 atom stereocenters. The van der Waals surface area contributed by atoms with Gasteiger partial charge in [-0.3, -0.25) is 4.79 Å². The molecule has 1 N–H and O–H groups in total. The monoisotopic (exact) mass is 281 g/mol. The molecule has 3 nitrogen and oxygen atoms in total. The molecule has 116 valence electrons. The highest BCUT2D eigenvalue weighted by Gasteiger charge is 2.29. The lowest BCUT2D eigenvalue weighted by Crippen LogP contribution is -2.42. The van der Waals surface area contributed by atoms with Gasteiger partial charge in [0.25, 0.3) is 0 Å². The Morgan fingerprint density at radius 2 is 1.80 bits per heavy atom. The van der Waals surface area contributed by atoms with Gasteiger partial charge in [0.05, 0.1) is 12.5 Å². The van der Waals surface area contributed by atoms with Crippen LogP contribution in [0, 0.1) is 11.8 Å². The predicted octanol–water partition coefficient (Wildman–Crippen LogP) is 3.67. The Bertz CT molecular complexity index is 305. The van der Waals surface area contributed by atoms with Crippen molar-refractivity contribution in [2.45, 2.75) is 83.7 Å². The fraction of sp³-hybridized carbons (Fsp3) is 0.941. The van der Waals surface area contributed by atoms with Gasteiger partial charge < -0.3 is 10.1 Å². The summed E-state index contributed by atoms with van der Waals surface area (Å²) in [5, 5.41) is 3.84. The Morgan fingerprint density at radius 3 is 2.60 bits per heavy atom. The molecule has 20 heavy (non-hydrogen) atoms. The van der Waals surface area contributed by atoms with Gasteiger partial charge >= 0.3 is 5.97 Å². The largest absolute Gasteiger partial charge is 0.466 e. The summed E-state index contributed by atoms with van der Waals surface area (Å²) >= 11 is 0. The molecule has 0 amide bonds. The molecule has 3 heteroatoms. The second-order valence-electron chi connectivity index (χ2n) is 6.79. The minimum Gasteiger partial charge on any atom is -0.466 e. The molecule has 2 aliphatic rings. The minimum atomic E-state index is 0.0217. The molecule has 0 aromatic heterocycles. The van der Waals surface area contributed by atoms with Gasteiger partial charge in [-0.15, -0.1) is 0 Å². The van der Waals surface area contributed by atoms with Crippen molar-refractivity contribution in [3.05, 3.63) is 0 Å². The fourth-order valence-electron chi connectivity index (χ4n) is 3.80. The second-order valence-corrected chi connectivity index (χ2v) is 6.79. The molecule has 2 fully saturated rings. The van der Waals surface area contributed by atoms with E-state index in [4.69, 9.17) is 4.74 Å². The van der Waals surface area contributed by atoms with Crippen molar-refractivity contribution in [2.75, 3.05) is 6.61 Å². The van der Waals surface area contributed by atoms with E-state index in [-0.39, 0.29) is 11.9 Å².